The number of rotatable bonds is 6. The van der Waals surface area contributed by atoms with Crippen LogP contribution in [-0.2, 0) is 6.42 Å². The number of aliphatic hydroxyl groups is 1. The molecular formula is C14H20N2OS. The Morgan fingerprint density at radius 1 is 1.39 bits per heavy atom. The van der Waals surface area contributed by atoms with Crippen molar-refractivity contribution in [1.82, 2.24) is 10.3 Å². The van der Waals surface area contributed by atoms with Gasteiger partial charge in [0.15, 0.2) is 0 Å². The van der Waals surface area contributed by atoms with Crippen LogP contribution in [0, 0.1) is 0 Å². The highest BCUT2D eigenvalue weighted by Gasteiger charge is 2.22. The summed E-state index contributed by atoms with van der Waals surface area (Å²) in [5.74, 6) is 0. The van der Waals surface area contributed by atoms with Crippen LogP contribution in [0.25, 0.3) is 10.2 Å². The molecule has 2 rings (SSSR count). The van der Waals surface area contributed by atoms with Crippen molar-refractivity contribution in [2.75, 3.05) is 13.1 Å². The van der Waals surface area contributed by atoms with Gasteiger partial charge in [-0.1, -0.05) is 19.1 Å². The van der Waals surface area contributed by atoms with Crippen molar-refractivity contribution in [1.29, 1.82) is 0 Å². The summed E-state index contributed by atoms with van der Waals surface area (Å²) in [4.78, 5) is 4.56. The first-order valence-electron chi connectivity index (χ1n) is 6.38. The normalized spacial score (nSPS) is 14.8. The zero-order chi connectivity index (χ0) is 13.0. The van der Waals surface area contributed by atoms with Crippen LogP contribution in [0.5, 0.6) is 0 Å². The van der Waals surface area contributed by atoms with Crippen molar-refractivity contribution in [3.63, 3.8) is 0 Å². The Bertz CT molecular complexity index is 474. The fraction of sp³-hybridized carbons (Fsp3) is 0.500. The van der Waals surface area contributed by atoms with Gasteiger partial charge in [0.25, 0.3) is 0 Å². The van der Waals surface area contributed by atoms with Gasteiger partial charge in [0, 0.05) is 6.42 Å². The molecule has 0 amide bonds. The number of nitrogens with one attached hydrogen (secondary N) is 1. The highest BCUT2D eigenvalue weighted by molar-refractivity contribution is 7.18. The Morgan fingerprint density at radius 3 is 2.89 bits per heavy atom. The molecule has 1 aromatic carbocycles. The molecule has 0 fully saturated rings. The first-order chi connectivity index (χ1) is 8.61. The molecule has 0 saturated heterocycles. The molecule has 0 spiro atoms. The summed E-state index contributed by atoms with van der Waals surface area (Å²) in [7, 11) is 0. The van der Waals surface area contributed by atoms with Gasteiger partial charge in [0.2, 0.25) is 0 Å². The number of hydrogen-bond donors (Lipinski definition) is 2. The number of nitrogens with zero attached hydrogens (tertiary/aromatic N) is 1. The van der Waals surface area contributed by atoms with E-state index in [1.165, 1.54) is 4.70 Å². The molecule has 0 aliphatic rings. The van der Waals surface area contributed by atoms with Gasteiger partial charge in [-0.2, -0.15) is 0 Å². The third-order valence-electron chi connectivity index (χ3n) is 2.96. The van der Waals surface area contributed by atoms with Crippen LogP contribution in [0.2, 0.25) is 0 Å². The van der Waals surface area contributed by atoms with Gasteiger partial charge in [-0.15, -0.1) is 11.3 Å². The van der Waals surface area contributed by atoms with E-state index in [0.717, 1.165) is 30.0 Å². The average Bonchev–Trinajstić information content (AvgIpc) is 2.70. The summed E-state index contributed by atoms with van der Waals surface area (Å²) in [5.41, 5.74) is 0.343. The third-order valence-corrected chi connectivity index (χ3v) is 4.00. The highest BCUT2D eigenvalue weighted by Crippen LogP contribution is 2.25. The van der Waals surface area contributed by atoms with Crippen molar-refractivity contribution < 1.29 is 5.11 Å². The molecule has 3 nitrogen and oxygen atoms in total. The lowest BCUT2D eigenvalue weighted by Crippen LogP contribution is -2.32. The van der Waals surface area contributed by atoms with Crippen molar-refractivity contribution in [3.8, 4) is 0 Å². The Morgan fingerprint density at radius 2 is 2.17 bits per heavy atom. The number of hydrogen-bond acceptors (Lipinski definition) is 4. The monoisotopic (exact) mass is 264 g/mol. The maximum Gasteiger partial charge on any atom is 0.0967 e. The molecule has 0 radical (unpaired) electrons. The molecule has 18 heavy (non-hydrogen) atoms. The molecule has 2 aromatic rings. The quantitative estimate of drug-likeness (QED) is 0.788. The van der Waals surface area contributed by atoms with Crippen molar-refractivity contribution in [3.05, 3.63) is 29.3 Å². The fourth-order valence-corrected chi connectivity index (χ4v) is 3.09. The maximum atomic E-state index is 10.3. The van der Waals surface area contributed by atoms with Crippen molar-refractivity contribution in [2.45, 2.75) is 32.3 Å². The van der Waals surface area contributed by atoms with E-state index in [1.54, 1.807) is 11.3 Å². The topological polar surface area (TPSA) is 45.1 Å². The molecule has 4 heteroatoms. The van der Waals surface area contributed by atoms with E-state index in [0.29, 0.717) is 6.42 Å². The van der Waals surface area contributed by atoms with E-state index in [4.69, 9.17) is 0 Å². The van der Waals surface area contributed by atoms with Crippen LogP contribution in [-0.4, -0.2) is 28.8 Å². The predicted octanol–water partition coefficient (Wildman–Crippen LogP) is 2.59. The molecule has 0 bridgehead atoms. The van der Waals surface area contributed by atoms with E-state index in [-0.39, 0.29) is 0 Å². The standard InChI is InChI=1S/C14H20N2OS/c1-3-15-9-8-14(2,17)10-13-16-11-6-4-5-7-12(11)18-13/h4-7,15,17H,3,8-10H2,1-2H3. The summed E-state index contributed by atoms with van der Waals surface area (Å²) in [6, 6.07) is 8.11. The summed E-state index contributed by atoms with van der Waals surface area (Å²) < 4.78 is 1.19. The molecule has 0 aliphatic carbocycles. The highest BCUT2D eigenvalue weighted by atomic mass is 32.1. The lowest BCUT2D eigenvalue weighted by Gasteiger charge is -2.21. The molecule has 0 saturated carbocycles. The van der Waals surface area contributed by atoms with Gasteiger partial charge in [-0.3, -0.25) is 0 Å². The second-order valence-corrected chi connectivity index (χ2v) is 5.97. The van der Waals surface area contributed by atoms with E-state index in [1.807, 2.05) is 25.1 Å². The minimum Gasteiger partial charge on any atom is -0.390 e. The maximum absolute atomic E-state index is 10.3. The summed E-state index contributed by atoms with van der Waals surface area (Å²) in [5, 5.41) is 14.6. The number of aromatic nitrogens is 1. The molecule has 1 atom stereocenters. The van der Waals surface area contributed by atoms with Crippen molar-refractivity contribution in [2.24, 2.45) is 0 Å². The first kappa shape index (κ1) is 13.5. The van der Waals surface area contributed by atoms with E-state index in [9.17, 15) is 5.11 Å². The van der Waals surface area contributed by atoms with E-state index in [2.05, 4.69) is 23.3 Å². The first-order valence-corrected chi connectivity index (χ1v) is 7.20. The summed E-state index contributed by atoms with van der Waals surface area (Å²) in [6.45, 7) is 5.74. The Hall–Kier alpha value is -0.970. The predicted molar refractivity (Wildman–Crippen MR) is 77.1 cm³/mol. The molecule has 1 heterocycles. The van der Waals surface area contributed by atoms with Gasteiger partial charge < -0.3 is 10.4 Å². The van der Waals surface area contributed by atoms with E-state index >= 15 is 0 Å². The fourth-order valence-electron chi connectivity index (χ4n) is 1.94. The molecule has 2 N–H and O–H groups in total. The Balaban J connectivity index is 2.03. The lowest BCUT2D eigenvalue weighted by atomic mass is 9.98. The van der Waals surface area contributed by atoms with Gasteiger partial charge in [-0.05, 0) is 38.6 Å². The Kier molecular flexibility index (Phi) is 4.32. The van der Waals surface area contributed by atoms with E-state index < -0.39 is 5.60 Å². The molecule has 1 unspecified atom stereocenters. The summed E-state index contributed by atoms with van der Waals surface area (Å²) >= 11 is 1.67. The number of fused-ring (bicyclic) bond motifs is 1. The van der Waals surface area contributed by atoms with Crippen LogP contribution in [0.15, 0.2) is 24.3 Å². The van der Waals surface area contributed by atoms with Crippen LogP contribution < -0.4 is 5.32 Å². The van der Waals surface area contributed by atoms with Crippen molar-refractivity contribution >= 4 is 21.6 Å². The zero-order valence-electron chi connectivity index (χ0n) is 10.9. The largest absolute Gasteiger partial charge is 0.390 e. The van der Waals surface area contributed by atoms with Crippen LogP contribution >= 0.6 is 11.3 Å². The zero-order valence-corrected chi connectivity index (χ0v) is 11.8. The van der Waals surface area contributed by atoms with Gasteiger partial charge in [0.1, 0.15) is 0 Å². The third kappa shape index (κ3) is 3.51. The molecule has 98 valence electrons. The molecule has 0 aliphatic heterocycles. The van der Waals surface area contributed by atoms with Crippen LogP contribution in [0.4, 0.5) is 0 Å². The van der Waals surface area contributed by atoms with Gasteiger partial charge >= 0.3 is 0 Å². The SMILES string of the molecule is CCNCCC(C)(O)Cc1nc2ccccc2s1. The molecular weight excluding hydrogens is 244 g/mol. The van der Waals surface area contributed by atoms with Gasteiger partial charge in [-0.25, -0.2) is 4.98 Å². The number of para-hydroxylation sites is 1. The van der Waals surface area contributed by atoms with Crippen LogP contribution in [0.3, 0.4) is 0 Å². The minimum absolute atomic E-state index is 0.623. The lowest BCUT2D eigenvalue weighted by molar-refractivity contribution is 0.0517. The van der Waals surface area contributed by atoms with Gasteiger partial charge in [0.05, 0.1) is 20.8 Å². The van der Waals surface area contributed by atoms with Crippen LogP contribution in [0.1, 0.15) is 25.3 Å². The average molecular weight is 264 g/mol. The second-order valence-electron chi connectivity index (χ2n) is 4.85. The number of benzene rings is 1. The Labute approximate surface area is 112 Å². The smallest absolute Gasteiger partial charge is 0.0967 e. The number of thiazole rings is 1. The minimum atomic E-state index is -0.684. The second kappa shape index (κ2) is 5.78. The summed E-state index contributed by atoms with van der Waals surface area (Å²) in [6.07, 6.45) is 1.37. The molecule has 1 aromatic heterocycles.